The van der Waals surface area contributed by atoms with Gasteiger partial charge in [-0.15, -0.1) is 0 Å². The van der Waals surface area contributed by atoms with Crippen LogP contribution in [-0.2, 0) is 6.54 Å². The molecular weight excluding hydrogens is 272 g/mol. The molecule has 0 spiro atoms. The highest BCUT2D eigenvalue weighted by Gasteiger charge is 2.13. The minimum atomic E-state index is -0.198. The lowest BCUT2D eigenvalue weighted by molar-refractivity contribution is 0.0950. The van der Waals surface area contributed by atoms with Crippen molar-refractivity contribution in [1.29, 1.82) is 0 Å². The number of carbonyl (C=O) groups is 1. The summed E-state index contributed by atoms with van der Waals surface area (Å²) in [6.45, 7) is 4.03. The molecule has 0 radical (unpaired) electrons. The van der Waals surface area contributed by atoms with Gasteiger partial charge in [0.2, 0.25) is 0 Å². The summed E-state index contributed by atoms with van der Waals surface area (Å²) in [5.41, 5.74) is 2.17. The first-order valence-corrected chi connectivity index (χ1v) is 6.48. The van der Waals surface area contributed by atoms with Gasteiger partial charge in [-0.05, 0) is 32.0 Å². The maximum absolute atomic E-state index is 12.2. The van der Waals surface area contributed by atoms with E-state index < -0.39 is 0 Å². The van der Waals surface area contributed by atoms with Crippen molar-refractivity contribution in [1.82, 2.24) is 10.5 Å². The van der Waals surface area contributed by atoms with Crippen molar-refractivity contribution < 1.29 is 18.8 Å². The monoisotopic (exact) mass is 290 g/mol. The van der Waals surface area contributed by atoms with Crippen LogP contribution >= 0.6 is 0 Å². The number of nitrogens with one attached hydrogen (secondary N) is 1. The molecule has 112 valence electrons. The van der Waals surface area contributed by atoms with E-state index in [-0.39, 0.29) is 5.91 Å². The van der Waals surface area contributed by atoms with Gasteiger partial charge in [0.25, 0.3) is 5.91 Å². The molecule has 0 saturated heterocycles. The Kier molecular flexibility index (Phi) is 4.47. The Morgan fingerprint density at radius 1 is 1.24 bits per heavy atom. The molecule has 1 N–H and O–H groups in total. The van der Waals surface area contributed by atoms with E-state index in [1.54, 1.807) is 25.3 Å². The molecule has 0 bridgehead atoms. The van der Waals surface area contributed by atoms with Crippen LogP contribution in [0.1, 0.15) is 27.4 Å². The molecule has 6 heteroatoms. The van der Waals surface area contributed by atoms with Crippen LogP contribution in [0, 0.1) is 13.8 Å². The molecular formula is C15H18N2O4. The van der Waals surface area contributed by atoms with Crippen molar-refractivity contribution in [3.05, 3.63) is 40.8 Å². The van der Waals surface area contributed by atoms with E-state index in [1.807, 2.05) is 13.8 Å². The van der Waals surface area contributed by atoms with Gasteiger partial charge in [-0.3, -0.25) is 4.79 Å². The van der Waals surface area contributed by atoms with Crippen LogP contribution in [0.25, 0.3) is 0 Å². The second kappa shape index (κ2) is 6.30. The fraction of sp³-hybridized carbons (Fsp3) is 0.333. The van der Waals surface area contributed by atoms with Gasteiger partial charge >= 0.3 is 0 Å². The summed E-state index contributed by atoms with van der Waals surface area (Å²) in [5.74, 6) is 1.61. The Morgan fingerprint density at radius 3 is 2.52 bits per heavy atom. The van der Waals surface area contributed by atoms with E-state index in [0.717, 1.165) is 11.3 Å². The van der Waals surface area contributed by atoms with Gasteiger partial charge in [0.05, 0.1) is 19.9 Å². The summed E-state index contributed by atoms with van der Waals surface area (Å²) in [4.78, 5) is 12.2. The minimum Gasteiger partial charge on any atom is -0.493 e. The summed E-state index contributed by atoms with van der Waals surface area (Å²) in [6.07, 6.45) is 0. The number of hydrogen-bond acceptors (Lipinski definition) is 5. The van der Waals surface area contributed by atoms with E-state index >= 15 is 0 Å². The number of nitrogens with zero attached hydrogens (tertiary/aromatic N) is 1. The molecule has 1 aromatic carbocycles. The zero-order chi connectivity index (χ0) is 15.4. The lowest BCUT2D eigenvalue weighted by Gasteiger charge is -2.10. The SMILES string of the molecule is COc1ccc(C(=O)NCc2c(C)noc2C)cc1OC. The normalized spacial score (nSPS) is 10.3. The zero-order valence-corrected chi connectivity index (χ0v) is 12.5. The standard InChI is InChI=1S/C15H18N2O4/c1-9-12(10(2)21-17-9)8-16-15(18)11-5-6-13(19-3)14(7-11)20-4/h5-7H,8H2,1-4H3,(H,16,18). The summed E-state index contributed by atoms with van der Waals surface area (Å²) in [6, 6.07) is 5.02. The number of aromatic nitrogens is 1. The van der Waals surface area contributed by atoms with Crippen LogP contribution in [0.2, 0.25) is 0 Å². The molecule has 1 aromatic heterocycles. The second-order valence-electron chi connectivity index (χ2n) is 4.56. The predicted molar refractivity (Wildman–Crippen MR) is 76.7 cm³/mol. The Labute approximate surface area is 123 Å². The van der Waals surface area contributed by atoms with E-state index in [4.69, 9.17) is 14.0 Å². The molecule has 1 amide bonds. The fourth-order valence-electron chi connectivity index (χ4n) is 2.00. The Bertz CT molecular complexity index is 630. The van der Waals surface area contributed by atoms with Crippen molar-refractivity contribution in [3.8, 4) is 11.5 Å². The van der Waals surface area contributed by atoms with Crippen LogP contribution in [0.15, 0.2) is 22.7 Å². The Hall–Kier alpha value is -2.50. The third-order valence-corrected chi connectivity index (χ3v) is 3.25. The molecule has 2 aromatic rings. The fourth-order valence-corrected chi connectivity index (χ4v) is 2.00. The topological polar surface area (TPSA) is 73.6 Å². The van der Waals surface area contributed by atoms with E-state index in [2.05, 4.69) is 10.5 Å². The summed E-state index contributed by atoms with van der Waals surface area (Å²) < 4.78 is 15.4. The van der Waals surface area contributed by atoms with Gasteiger partial charge in [0.15, 0.2) is 11.5 Å². The largest absolute Gasteiger partial charge is 0.493 e. The average molecular weight is 290 g/mol. The highest BCUT2D eigenvalue weighted by Crippen LogP contribution is 2.27. The quantitative estimate of drug-likeness (QED) is 0.914. The number of hydrogen-bond donors (Lipinski definition) is 1. The molecule has 6 nitrogen and oxygen atoms in total. The van der Waals surface area contributed by atoms with Gasteiger partial charge in [0, 0.05) is 17.7 Å². The molecule has 0 aliphatic heterocycles. The lowest BCUT2D eigenvalue weighted by Crippen LogP contribution is -2.23. The van der Waals surface area contributed by atoms with Gasteiger partial charge in [-0.25, -0.2) is 0 Å². The van der Waals surface area contributed by atoms with E-state index in [1.165, 1.54) is 7.11 Å². The van der Waals surface area contributed by atoms with Crippen molar-refractivity contribution in [3.63, 3.8) is 0 Å². The highest BCUT2D eigenvalue weighted by atomic mass is 16.5. The minimum absolute atomic E-state index is 0.198. The molecule has 0 unspecified atom stereocenters. The average Bonchev–Trinajstić information content (AvgIpc) is 2.82. The number of carbonyl (C=O) groups excluding carboxylic acids is 1. The number of aryl methyl sites for hydroxylation is 2. The van der Waals surface area contributed by atoms with Crippen molar-refractivity contribution in [2.75, 3.05) is 14.2 Å². The predicted octanol–water partition coefficient (Wildman–Crippen LogP) is 2.24. The third kappa shape index (κ3) is 3.16. The first-order valence-electron chi connectivity index (χ1n) is 6.48. The van der Waals surface area contributed by atoms with Crippen molar-refractivity contribution >= 4 is 5.91 Å². The number of ether oxygens (including phenoxy) is 2. The van der Waals surface area contributed by atoms with E-state index in [0.29, 0.717) is 29.4 Å². The molecule has 0 atom stereocenters. The van der Waals surface area contributed by atoms with Crippen LogP contribution < -0.4 is 14.8 Å². The molecule has 2 rings (SSSR count). The summed E-state index contributed by atoms with van der Waals surface area (Å²) in [7, 11) is 3.08. The zero-order valence-electron chi connectivity index (χ0n) is 12.5. The Balaban J connectivity index is 2.10. The van der Waals surface area contributed by atoms with Crippen LogP contribution in [0.3, 0.4) is 0 Å². The highest BCUT2D eigenvalue weighted by molar-refractivity contribution is 5.94. The van der Waals surface area contributed by atoms with Gasteiger partial charge in [-0.2, -0.15) is 0 Å². The molecule has 0 saturated carbocycles. The number of methoxy groups -OCH3 is 2. The van der Waals surface area contributed by atoms with E-state index in [9.17, 15) is 4.79 Å². The molecule has 0 aliphatic rings. The number of benzene rings is 1. The smallest absolute Gasteiger partial charge is 0.251 e. The molecule has 1 heterocycles. The third-order valence-electron chi connectivity index (χ3n) is 3.25. The summed E-state index contributed by atoms with van der Waals surface area (Å²) in [5, 5.41) is 6.69. The van der Waals surface area contributed by atoms with Crippen LogP contribution in [0.4, 0.5) is 0 Å². The molecule has 0 aliphatic carbocycles. The maximum Gasteiger partial charge on any atom is 0.251 e. The van der Waals surface area contributed by atoms with Crippen molar-refractivity contribution in [2.45, 2.75) is 20.4 Å². The second-order valence-corrected chi connectivity index (χ2v) is 4.56. The van der Waals surface area contributed by atoms with Gasteiger partial charge < -0.3 is 19.3 Å². The number of rotatable bonds is 5. The van der Waals surface area contributed by atoms with Crippen LogP contribution in [-0.4, -0.2) is 25.3 Å². The van der Waals surface area contributed by atoms with Crippen molar-refractivity contribution in [2.24, 2.45) is 0 Å². The van der Waals surface area contributed by atoms with Gasteiger partial charge in [0.1, 0.15) is 5.76 Å². The molecule has 0 fully saturated rings. The number of amides is 1. The van der Waals surface area contributed by atoms with Crippen LogP contribution in [0.5, 0.6) is 11.5 Å². The molecule has 21 heavy (non-hydrogen) atoms. The lowest BCUT2D eigenvalue weighted by atomic mass is 10.1. The Morgan fingerprint density at radius 2 is 1.95 bits per heavy atom. The maximum atomic E-state index is 12.2. The first kappa shape index (κ1) is 14.9. The van der Waals surface area contributed by atoms with Gasteiger partial charge in [-0.1, -0.05) is 5.16 Å². The first-order chi connectivity index (χ1) is 10.1. The summed E-state index contributed by atoms with van der Waals surface area (Å²) >= 11 is 0.